The largest absolute Gasteiger partial charge is 0.494 e. The summed E-state index contributed by atoms with van der Waals surface area (Å²) in [5, 5.41) is 6.99. The lowest BCUT2D eigenvalue weighted by atomic mass is 10.0. The molecule has 0 atom stereocenters. The molecule has 1 aromatic rings. The number of rotatable bonds is 8. The fourth-order valence-electron chi connectivity index (χ4n) is 3.43. The Morgan fingerprint density at radius 1 is 1.30 bits per heavy atom. The average Bonchev–Trinajstić information content (AvgIpc) is 2.63. The molecule has 1 saturated heterocycles. The van der Waals surface area contributed by atoms with E-state index in [0.717, 1.165) is 56.3 Å². The van der Waals surface area contributed by atoms with Crippen molar-refractivity contribution >= 4 is 5.96 Å². The molecule has 1 aliphatic heterocycles. The average molecular weight is 373 g/mol. The van der Waals surface area contributed by atoms with Crippen molar-refractivity contribution in [2.24, 2.45) is 4.99 Å². The predicted molar refractivity (Wildman–Crippen MR) is 115 cm³/mol. The van der Waals surface area contributed by atoms with Crippen LogP contribution in [0, 0.1) is 6.92 Å². The molecule has 27 heavy (non-hydrogen) atoms. The zero-order valence-corrected chi connectivity index (χ0v) is 17.5. The number of ether oxygens (including phenoxy) is 1. The van der Waals surface area contributed by atoms with Crippen LogP contribution in [0.2, 0.25) is 0 Å². The minimum Gasteiger partial charge on any atom is -0.494 e. The summed E-state index contributed by atoms with van der Waals surface area (Å²) in [7, 11) is 0. The Bertz CT molecular complexity index is 633. The first-order chi connectivity index (χ1) is 13.0. The van der Waals surface area contributed by atoms with Gasteiger partial charge in [0.25, 0.3) is 0 Å². The first-order valence-corrected chi connectivity index (χ1v) is 10.2. The van der Waals surface area contributed by atoms with E-state index in [-0.39, 0.29) is 0 Å². The maximum absolute atomic E-state index is 5.62. The summed E-state index contributed by atoms with van der Waals surface area (Å²) in [6, 6.07) is 6.78. The molecule has 0 unspecified atom stereocenters. The van der Waals surface area contributed by atoms with Crippen LogP contribution in [0.3, 0.4) is 0 Å². The monoisotopic (exact) mass is 372 g/mol. The predicted octanol–water partition coefficient (Wildman–Crippen LogP) is 3.49. The highest BCUT2D eigenvalue weighted by Gasteiger charge is 2.19. The van der Waals surface area contributed by atoms with Gasteiger partial charge in [-0.3, -0.25) is 4.90 Å². The van der Waals surface area contributed by atoms with Crippen LogP contribution >= 0.6 is 0 Å². The maximum atomic E-state index is 5.62. The van der Waals surface area contributed by atoms with E-state index in [9.17, 15) is 0 Å². The second-order valence-corrected chi connectivity index (χ2v) is 7.38. The number of aliphatic imine (C=N–C) groups is 1. The number of nitrogens with one attached hydrogen (secondary N) is 2. The van der Waals surface area contributed by atoms with Crippen molar-refractivity contribution in [3.05, 3.63) is 41.5 Å². The van der Waals surface area contributed by atoms with Gasteiger partial charge in [-0.05, 0) is 57.7 Å². The van der Waals surface area contributed by atoms with Crippen molar-refractivity contribution in [3.63, 3.8) is 0 Å². The second-order valence-electron chi connectivity index (χ2n) is 7.38. The second kappa shape index (κ2) is 11.0. The lowest BCUT2D eigenvalue weighted by molar-refractivity contribution is 0.221. The van der Waals surface area contributed by atoms with Gasteiger partial charge < -0.3 is 15.4 Å². The van der Waals surface area contributed by atoms with Gasteiger partial charge in [0.15, 0.2) is 5.96 Å². The van der Waals surface area contributed by atoms with Gasteiger partial charge in [-0.2, -0.15) is 0 Å². The highest BCUT2D eigenvalue weighted by molar-refractivity contribution is 5.80. The summed E-state index contributed by atoms with van der Waals surface area (Å²) in [5.41, 5.74) is 3.60. The van der Waals surface area contributed by atoms with E-state index in [1.807, 2.05) is 13.0 Å². The van der Waals surface area contributed by atoms with Crippen LogP contribution in [0.1, 0.15) is 44.7 Å². The maximum Gasteiger partial charge on any atom is 0.191 e. The Kier molecular flexibility index (Phi) is 8.65. The minimum absolute atomic E-state index is 0.478. The first kappa shape index (κ1) is 21.3. The molecule has 1 fully saturated rings. The van der Waals surface area contributed by atoms with Crippen molar-refractivity contribution in [1.82, 2.24) is 15.5 Å². The molecule has 0 radical (unpaired) electrons. The Balaban J connectivity index is 1.91. The third-order valence-electron chi connectivity index (χ3n) is 4.73. The molecular formula is C22H36N4O. The first-order valence-electron chi connectivity index (χ1n) is 10.2. The lowest BCUT2D eigenvalue weighted by Crippen LogP contribution is -2.48. The van der Waals surface area contributed by atoms with Gasteiger partial charge in [0.2, 0.25) is 0 Å². The highest BCUT2D eigenvalue weighted by Crippen LogP contribution is 2.19. The van der Waals surface area contributed by atoms with Crippen LogP contribution < -0.4 is 15.4 Å². The Labute approximate surface area is 164 Å². The summed E-state index contributed by atoms with van der Waals surface area (Å²) in [6.07, 6.45) is 2.28. The van der Waals surface area contributed by atoms with Gasteiger partial charge in [-0.1, -0.05) is 24.3 Å². The molecule has 1 aliphatic rings. The molecule has 5 nitrogen and oxygen atoms in total. The fraction of sp³-hybridized carbons (Fsp3) is 0.591. The van der Waals surface area contributed by atoms with E-state index in [4.69, 9.17) is 9.73 Å². The lowest BCUT2D eigenvalue weighted by Gasteiger charge is -2.33. The molecule has 1 aromatic carbocycles. The van der Waals surface area contributed by atoms with Crippen molar-refractivity contribution < 1.29 is 4.74 Å². The van der Waals surface area contributed by atoms with Gasteiger partial charge in [-0.25, -0.2) is 4.99 Å². The molecule has 2 N–H and O–H groups in total. The van der Waals surface area contributed by atoms with Crippen LogP contribution in [0.5, 0.6) is 5.75 Å². The SMILES string of the molecule is C=C(C)CN1CCC(NC(=NCc2ccc(OCC)c(C)c2)NCC)CC1. The van der Waals surface area contributed by atoms with Gasteiger partial charge in [-0.15, -0.1) is 0 Å². The zero-order valence-electron chi connectivity index (χ0n) is 17.5. The number of likely N-dealkylation sites (tertiary alicyclic amines) is 1. The summed E-state index contributed by atoms with van der Waals surface area (Å²) in [5.74, 6) is 1.86. The van der Waals surface area contributed by atoms with E-state index in [0.29, 0.717) is 19.2 Å². The Hall–Kier alpha value is -2.01. The van der Waals surface area contributed by atoms with Crippen molar-refractivity contribution in [3.8, 4) is 5.75 Å². The number of aryl methyl sites for hydroxylation is 1. The molecule has 0 saturated carbocycles. The summed E-state index contributed by atoms with van der Waals surface area (Å²) in [6.45, 7) is 17.8. The third kappa shape index (κ3) is 7.25. The van der Waals surface area contributed by atoms with E-state index in [2.05, 4.69) is 55.0 Å². The molecule has 0 amide bonds. The topological polar surface area (TPSA) is 48.9 Å². The summed E-state index contributed by atoms with van der Waals surface area (Å²) >= 11 is 0. The molecule has 1 heterocycles. The van der Waals surface area contributed by atoms with Gasteiger partial charge in [0.05, 0.1) is 13.2 Å². The van der Waals surface area contributed by atoms with E-state index in [1.54, 1.807) is 0 Å². The van der Waals surface area contributed by atoms with E-state index >= 15 is 0 Å². The normalized spacial score (nSPS) is 16.2. The number of nitrogens with zero attached hydrogens (tertiary/aromatic N) is 2. The van der Waals surface area contributed by atoms with Crippen molar-refractivity contribution in [1.29, 1.82) is 0 Å². The third-order valence-corrected chi connectivity index (χ3v) is 4.73. The van der Waals surface area contributed by atoms with Crippen LogP contribution in [0.4, 0.5) is 0 Å². The van der Waals surface area contributed by atoms with Crippen molar-refractivity contribution in [2.45, 2.75) is 53.1 Å². The molecule has 0 bridgehead atoms. The van der Waals surface area contributed by atoms with E-state index < -0.39 is 0 Å². The van der Waals surface area contributed by atoms with Crippen LogP contribution in [-0.2, 0) is 6.54 Å². The van der Waals surface area contributed by atoms with Crippen LogP contribution in [0.25, 0.3) is 0 Å². The number of benzene rings is 1. The molecule has 0 aromatic heterocycles. The molecule has 150 valence electrons. The molecule has 5 heteroatoms. The molecular weight excluding hydrogens is 336 g/mol. The Morgan fingerprint density at radius 3 is 2.63 bits per heavy atom. The van der Waals surface area contributed by atoms with Crippen molar-refractivity contribution in [2.75, 3.05) is 32.8 Å². The summed E-state index contributed by atoms with van der Waals surface area (Å²) in [4.78, 5) is 7.27. The standard InChI is InChI=1S/C22H36N4O/c1-6-23-22(25-20-10-12-26(13-11-20)16-17(3)4)24-15-19-8-9-21(27-7-2)18(5)14-19/h8-9,14,20H,3,6-7,10-13,15-16H2,1-2,4-5H3,(H2,23,24,25). The summed E-state index contributed by atoms with van der Waals surface area (Å²) < 4.78 is 5.62. The van der Waals surface area contributed by atoms with Gasteiger partial charge in [0, 0.05) is 32.2 Å². The van der Waals surface area contributed by atoms with E-state index in [1.165, 1.54) is 11.1 Å². The fourth-order valence-corrected chi connectivity index (χ4v) is 3.43. The van der Waals surface area contributed by atoms with Crippen LogP contribution in [-0.4, -0.2) is 49.7 Å². The molecule has 2 rings (SSSR count). The smallest absolute Gasteiger partial charge is 0.191 e. The van der Waals surface area contributed by atoms with Gasteiger partial charge >= 0.3 is 0 Å². The highest BCUT2D eigenvalue weighted by atomic mass is 16.5. The molecule has 0 spiro atoms. The Morgan fingerprint density at radius 2 is 2.04 bits per heavy atom. The number of guanidine groups is 1. The molecule has 0 aliphatic carbocycles. The zero-order chi connectivity index (χ0) is 19.6. The number of piperidine rings is 1. The minimum atomic E-state index is 0.478. The quantitative estimate of drug-likeness (QED) is 0.417. The van der Waals surface area contributed by atoms with Crippen LogP contribution in [0.15, 0.2) is 35.3 Å². The van der Waals surface area contributed by atoms with Gasteiger partial charge in [0.1, 0.15) is 5.75 Å². The number of hydrogen-bond acceptors (Lipinski definition) is 3. The number of hydrogen-bond donors (Lipinski definition) is 2.